The molecule has 1 heterocycles. The molecule has 1 aromatic heterocycles. The highest BCUT2D eigenvalue weighted by Crippen LogP contribution is 2.50. The Hall–Kier alpha value is -3.74. The number of halogens is 5. The number of pyridine rings is 1. The van der Waals surface area contributed by atoms with E-state index in [0.717, 1.165) is 33.4 Å². The van der Waals surface area contributed by atoms with E-state index in [1.807, 2.05) is 6.92 Å². The highest BCUT2D eigenvalue weighted by Gasteiger charge is 2.58. The van der Waals surface area contributed by atoms with Gasteiger partial charge in [-0.15, -0.1) is 0 Å². The van der Waals surface area contributed by atoms with E-state index in [-0.39, 0.29) is 24.3 Å². The van der Waals surface area contributed by atoms with Crippen molar-refractivity contribution < 1.29 is 31.9 Å². The van der Waals surface area contributed by atoms with Gasteiger partial charge < -0.3 is 10.5 Å². The van der Waals surface area contributed by atoms with Gasteiger partial charge in [-0.2, -0.15) is 4.39 Å². The van der Waals surface area contributed by atoms with E-state index >= 15 is 13.2 Å². The standard InChI is InChI=1S/C27H18F4IN3O3/c1-13-10-16-19(12-18(13)32)34-9-6-21(16)38-24-17(29)11-20(22(30)23(24)31)35(15-4-2-14(28)3-5-15)26(37)27(7-8-27)25(33)36/h2-6,9-12H,7-8H2,1H3,(H2,33,36). The van der Waals surface area contributed by atoms with Crippen LogP contribution in [0.2, 0.25) is 0 Å². The van der Waals surface area contributed by atoms with Crippen LogP contribution >= 0.6 is 22.6 Å². The van der Waals surface area contributed by atoms with Gasteiger partial charge >= 0.3 is 0 Å². The number of ether oxygens (including phenoxy) is 1. The summed E-state index contributed by atoms with van der Waals surface area (Å²) in [5, 5.41) is 0.453. The highest BCUT2D eigenvalue weighted by atomic mass is 127. The van der Waals surface area contributed by atoms with Gasteiger partial charge in [0.1, 0.15) is 17.0 Å². The van der Waals surface area contributed by atoms with Crippen molar-refractivity contribution in [1.29, 1.82) is 0 Å². The lowest BCUT2D eigenvalue weighted by Gasteiger charge is -2.27. The summed E-state index contributed by atoms with van der Waals surface area (Å²) in [6.07, 6.45) is 1.55. The van der Waals surface area contributed by atoms with Gasteiger partial charge in [0.25, 0.3) is 0 Å². The number of benzene rings is 3. The average Bonchev–Trinajstić information content (AvgIpc) is 3.69. The van der Waals surface area contributed by atoms with Crippen molar-refractivity contribution in [3.63, 3.8) is 0 Å². The SMILES string of the molecule is Cc1cc2c(Oc3c(F)cc(N(C(=O)C4(C(N)=O)CC4)c4ccc(F)cc4)c(F)c3F)ccnc2cc1I. The number of aryl methyl sites for hydroxylation is 1. The monoisotopic (exact) mass is 635 g/mol. The summed E-state index contributed by atoms with van der Waals surface area (Å²) in [6, 6.07) is 9.69. The number of nitrogens with two attached hydrogens (primary N) is 1. The quantitative estimate of drug-likeness (QED) is 0.115. The lowest BCUT2D eigenvalue weighted by atomic mass is 10.0. The van der Waals surface area contributed by atoms with Crippen LogP contribution in [0.15, 0.2) is 54.7 Å². The molecule has 0 atom stereocenters. The zero-order chi connectivity index (χ0) is 27.4. The fourth-order valence-corrected chi connectivity index (χ4v) is 4.58. The predicted molar refractivity (Wildman–Crippen MR) is 140 cm³/mol. The molecule has 0 unspecified atom stereocenters. The first kappa shape index (κ1) is 25.9. The minimum absolute atomic E-state index is 0.0385. The van der Waals surface area contributed by atoms with Crippen LogP contribution in [0.25, 0.3) is 10.9 Å². The molecule has 2 N–H and O–H groups in total. The number of anilines is 2. The maximum Gasteiger partial charge on any atom is 0.247 e. The third-order valence-electron chi connectivity index (χ3n) is 6.45. The molecule has 38 heavy (non-hydrogen) atoms. The van der Waals surface area contributed by atoms with E-state index in [0.29, 0.717) is 21.9 Å². The van der Waals surface area contributed by atoms with Gasteiger partial charge in [-0.3, -0.25) is 19.5 Å². The lowest BCUT2D eigenvalue weighted by molar-refractivity contribution is -0.133. The number of nitrogens with zero attached hydrogens (tertiary/aromatic N) is 2. The number of fused-ring (bicyclic) bond motifs is 1. The summed E-state index contributed by atoms with van der Waals surface area (Å²) in [7, 11) is 0. The van der Waals surface area contributed by atoms with Gasteiger partial charge in [0, 0.05) is 26.9 Å². The molecule has 0 aliphatic heterocycles. The van der Waals surface area contributed by atoms with Gasteiger partial charge in [-0.1, -0.05) is 0 Å². The Balaban J connectivity index is 1.62. The average molecular weight is 635 g/mol. The molecule has 4 aromatic rings. The maximum atomic E-state index is 15.5. The molecule has 1 aliphatic carbocycles. The maximum absolute atomic E-state index is 15.5. The summed E-state index contributed by atoms with van der Waals surface area (Å²) >= 11 is 2.13. The van der Waals surface area contributed by atoms with Gasteiger partial charge in [0.05, 0.1) is 11.2 Å². The van der Waals surface area contributed by atoms with Crippen molar-refractivity contribution in [2.45, 2.75) is 19.8 Å². The molecule has 1 fully saturated rings. The van der Waals surface area contributed by atoms with Crippen molar-refractivity contribution in [3.05, 3.63) is 87.1 Å². The van der Waals surface area contributed by atoms with Crippen LogP contribution in [0.3, 0.4) is 0 Å². The van der Waals surface area contributed by atoms with Gasteiger partial charge in [0.2, 0.25) is 23.4 Å². The first-order chi connectivity index (χ1) is 18.0. The van der Waals surface area contributed by atoms with E-state index in [9.17, 15) is 14.0 Å². The third kappa shape index (κ3) is 4.34. The molecule has 0 spiro atoms. The second kappa shape index (κ2) is 9.53. The van der Waals surface area contributed by atoms with Crippen LogP contribution < -0.4 is 15.4 Å². The first-order valence-corrected chi connectivity index (χ1v) is 12.4. The summed E-state index contributed by atoms with van der Waals surface area (Å²) in [5.74, 6) is -8.20. The molecule has 5 rings (SSSR count). The van der Waals surface area contributed by atoms with Crippen LogP contribution in [0.1, 0.15) is 18.4 Å². The van der Waals surface area contributed by atoms with E-state index < -0.39 is 51.9 Å². The molecule has 0 saturated heterocycles. The van der Waals surface area contributed by atoms with E-state index in [1.165, 1.54) is 12.3 Å². The normalized spacial score (nSPS) is 13.8. The predicted octanol–water partition coefficient (Wildman–Crippen LogP) is 6.43. The number of amides is 2. The van der Waals surface area contributed by atoms with Gasteiger partial charge in [-0.05, 0) is 90.4 Å². The molecular formula is C27H18F4IN3O3. The van der Waals surface area contributed by atoms with Crippen LogP contribution in [0.4, 0.5) is 28.9 Å². The van der Waals surface area contributed by atoms with Gasteiger partial charge in [0.15, 0.2) is 11.6 Å². The smallest absolute Gasteiger partial charge is 0.247 e. The Morgan fingerprint density at radius 3 is 2.34 bits per heavy atom. The van der Waals surface area contributed by atoms with Crippen molar-refractivity contribution in [2.75, 3.05) is 4.90 Å². The molecular weight excluding hydrogens is 617 g/mol. The number of primary amides is 1. The summed E-state index contributed by atoms with van der Waals surface area (Å²) < 4.78 is 66.3. The van der Waals surface area contributed by atoms with E-state index in [4.69, 9.17) is 10.5 Å². The molecule has 1 saturated carbocycles. The summed E-state index contributed by atoms with van der Waals surface area (Å²) in [6.45, 7) is 1.84. The number of hydrogen-bond donors (Lipinski definition) is 1. The van der Waals surface area contributed by atoms with Crippen molar-refractivity contribution in [1.82, 2.24) is 4.98 Å². The molecule has 194 valence electrons. The van der Waals surface area contributed by atoms with Crippen LogP contribution in [-0.4, -0.2) is 16.8 Å². The molecule has 0 bridgehead atoms. The van der Waals surface area contributed by atoms with Crippen LogP contribution in [0, 0.1) is 39.2 Å². The molecule has 11 heteroatoms. The van der Waals surface area contributed by atoms with Crippen molar-refractivity contribution in [3.8, 4) is 11.5 Å². The lowest BCUT2D eigenvalue weighted by Crippen LogP contribution is -2.41. The summed E-state index contributed by atoms with van der Waals surface area (Å²) in [5.41, 5.74) is 4.20. The molecule has 2 amide bonds. The fraction of sp³-hybridized carbons (Fsp3) is 0.148. The fourth-order valence-electron chi connectivity index (χ4n) is 4.13. The number of carbonyl (C=O) groups is 2. The topological polar surface area (TPSA) is 85.5 Å². The second-order valence-corrected chi connectivity index (χ2v) is 10.1. The highest BCUT2D eigenvalue weighted by molar-refractivity contribution is 14.1. The zero-order valence-electron chi connectivity index (χ0n) is 19.7. The van der Waals surface area contributed by atoms with Crippen LogP contribution in [0.5, 0.6) is 11.5 Å². The second-order valence-electron chi connectivity index (χ2n) is 8.93. The third-order valence-corrected chi connectivity index (χ3v) is 7.61. The van der Waals surface area contributed by atoms with Crippen LogP contribution in [-0.2, 0) is 9.59 Å². The number of hydrogen-bond acceptors (Lipinski definition) is 4. The molecule has 3 aromatic carbocycles. The molecule has 1 aliphatic rings. The Morgan fingerprint density at radius 2 is 1.71 bits per heavy atom. The number of aromatic nitrogens is 1. The van der Waals surface area contributed by atoms with E-state index in [2.05, 4.69) is 27.6 Å². The Labute approximate surface area is 227 Å². The summed E-state index contributed by atoms with van der Waals surface area (Å²) in [4.78, 5) is 30.3. The number of rotatable bonds is 6. The first-order valence-electron chi connectivity index (χ1n) is 11.3. The largest absolute Gasteiger partial charge is 0.450 e. The van der Waals surface area contributed by atoms with Gasteiger partial charge in [-0.25, -0.2) is 13.2 Å². The zero-order valence-corrected chi connectivity index (χ0v) is 21.9. The van der Waals surface area contributed by atoms with E-state index in [1.54, 1.807) is 12.1 Å². The minimum Gasteiger partial charge on any atom is -0.450 e. The molecule has 6 nitrogen and oxygen atoms in total. The van der Waals surface area contributed by atoms with Crippen molar-refractivity contribution in [2.24, 2.45) is 11.1 Å². The van der Waals surface area contributed by atoms with Crippen molar-refractivity contribution >= 4 is 56.7 Å². The number of carbonyl (C=O) groups excluding carboxylic acids is 2. The minimum atomic E-state index is -1.70. The molecule has 0 radical (unpaired) electrons. The Bertz CT molecular complexity index is 1620. The Kier molecular flexibility index (Phi) is 6.49. The Morgan fingerprint density at radius 1 is 1.03 bits per heavy atom.